The Morgan fingerprint density at radius 3 is 2.77 bits per heavy atom. The van der Waals surface area contributed by atoms with Crippen LogP contribution in [0.3, 0.4) is 0 Å². The second kappa shape index (κ2) is 9.73. The number of aromatic nitrogens is 3. The number of rotatable bonds is 5. The van der Waals surface area contributed by atoms with Gasteiger partial charge in [-0.05, 0) is 37.2 Å². The minimum absolute atomic E-state index is 0.137. The first-order valence-electron chi connectivity index (χ1n) is 10.9. The van der Waals surface area contributed by atoms with E-state index in [2.05, 4.69) is 56.0 Å². The molecule has 8 nitrogen and oxygen atoms in total. The highest BCUT2D eigenvalue weighted by molar-refractivity contribution is 5.86. The van der Waals surface area contributed by atoms with Crippen LogP contribution in [0.2, 0.25) is 0 Å². The van der Waals surface area contributed by atoms with Crippen LogP contribution in [0.15, 0.2) is 41.7 Å². The van der Waals surface area contributed by atoms with E-state index >= 15 is 0 Å². The quantitative estimate of drug-likeness (QED) is 0.573. The zero-order valence-corrected chi connectivity index (χ0v) is 17.6. The van der Waals surface area contributed by atoms with Gasteiger partial charge in [0, 0.05) is 32.6 Å². The van der Waals surface area contributed by atoms with Crippen molar-refractivity contribution in [2.75, 3.05) is 26.7 Å². The molecule has 2 aromatic rings. The number of nitrogens with one attached hydrogen (secondary N) is 2. The van der Waals surface area contributed by atoms with E-state index in [1.807, 2.05) is 9.58 Å². The molecule has 1 saturated heterocycles. The third-order valence-electron chi connectivity index (χ3n) is 6.11. The third-order valence-corrected chi connectivity index (χ3v) is 6.11. The Labute approximate surface area is 177 Å². The summed E-state index contributed by atoms with van der Waals surface area (Å²) < 4.78 is 1.93. The Morgan fingerprint density at radius 2 is 2.00 bits per heavy atom. The van der Waals surface area contributed by atoms with E-state index in [0.29, 0.717) is 11.9 Å². The minimum Gasteiger partial charge on any atom is -0.352 e. The van der Waals surface area contributed by atoms with E-state index in [1.165, 1.54) is 5.56 Å². The van der Waals surface area contributed by atoms with Crippen LogP contribution in [0.25, 0.3) is 0 Å². The minimum atomic E-state index is 0.137. The monoisotopic (exact) mass is 409 g/mol. The van der Waals surface area contributed by atoms with Crippen LogP contribution in [0.4, 0.5) is 0 Å². The van der Waals surface area contributed by atoms with Crippen LogP contribution in [0, 0.1) is 5.92 Å². The lowest BCUT2D eigenvalue weighted by atomic mass is 9.90. The highest BCUT2D eigenvalue weighted by atomic mass is 16.2. The smallest absolute Gasteiger partial charge is 0.241 e. The highest BCUT2D eigenvalue weighted by Crippen LogP contribution is 2.21. The van der Waals surface area contributed by atoms with E-state index in [9.17, 15) is 4.79 Å². The summed E-state index contributed by atoms with van der Waals surface area (Å²) in [4.78, 5) is 23.2. The Hall–Kier alpha value is -2.90. The third kappa shape index (κ3) is 5.17. The molecule has 2 N–H and O–H groups in total. The standard InChI is InChI=1S/C22H31N7O/c1-23-22(27-19-7-8-20-25-16-26-29(20)15-19)24-14-21(30)28-11-9-18(10-12-28)13-17-5-3-2-4-6-17/h2-6,16,18-19H,7-15H2,1H3,(H2,23,24,27). The molecule has 3 heterocycles. The maximum atomic E-state index is 12.7. The number of carbonyl (C=O) groups excluding carboxylic acids is 1. The van der Waals surface area contributed by atoms with Crippen LogP contribution in [-0.2, 0) is 24.2 Å². The summed E-state index contributed by atoms with van der Waals surface area (Å²) in [7, 11) is 1.73. The number of fused-ring (bicyclic) bond motifs is 1. The molecule has 0 aliphatic carbocycles. The number of aryl methyl sites for hydroxylation is 1. The van der Waals surface area contributed by atoms with Crippen LogP contribution in [-0.4, -0.2) is 64.3 Å². The number of carbonyl (C=O) groups is 1. The van der Waals surface area contributed by atoms with E-state index in [0.717, 1.165) is 57.6 Å². The van der Waals surface area contributed by atoms with Crippen molar-refractivity contribution in [3.05, 3.63) is 48.0 Å². The maximum Gasteiger partial charge on any atom is 0.241 e. The van der Waals surface area contributed by atoms with Gasteiger partial charge in [-0.3, -0.25) is 9.79 Å². The Balaban J connectivity index is 1.19. The van der Waals surface area contributed by atoms with Crippen molar-refractivity contribution < 1.29 is 4.79 Å². The summed E-state index contributed by atoms with van der Waals surface area (Å²) >= 11 is 0. The van der Waals surface area contributed by atoms with Gasteiger partial charge in [0.2, 0.25) is 5.91 Å². The Bertz CT molecular complexity index is 855. The van der Waals surface area contributed by atoms with Crippen LogP contribution in [0.1, 0.15) is 30.7 Å². The van der Waals surface area contributed by atoms with Gasteiger partial charge in [-0.25, -0.2) is 9.67 Å². The molecule has 0 radical (unpaired) electrons. The van der Waals surface area contributed by atoms with Crippen molar-refractivity contribution in [2.45, 2.75) is 44.7 Å². The number of nitrogens with zero attached hydrogens (tertiary/aromatic N) is 5. The molecule has 2 aliphatic heterocycles. The zero-order valence-electron chi connectivity index (χ0n) is 17.6. The van der Waals surface area contributed by atoms with Gasteiger partial charge in [-0.2, -0.15) is 5.10 Å². The Kier molecular flexibility index (Phi) is 6.61. The first-order chi connectivity index (χ1) is 14.7. The number of hydrogen-bond donors (Lipinski definition) is 2. The predicted octanol–water partition coefficient (Wildman–Crippen LogP) is 1.24. The molecule has 8 heteroatoms. The average molecular weight is 410 g/mol. The number of likely N-dealkylation sites (tertiary alicyclic amines) is 1. The van der Waals surface area contributed by atoms with E-state index in [4.69, 9.17) is 0 Å². The van der Waals surface area contributed by atoms with Gasteiger partial charge in [-0.15, -0.1) is 0 Å². The first-order valence-corrected chi connectivity index (χ1v) is 10.9. The molecule has 1 aromatic heterocycles. The summed E-state index contributed by atoms with van der Waals surface area (Å²) in [6, 6.07) is 10.9. The molecule has 160 valence electrons. The molecule has 1 aromatic carbocycles. The van der Waals surface area contributed by atoms with Crippen molar-refractivity contribution in [1.29, 1.82) is 0 Å². The fraction of sp³-hybridized carbons (Fsp3) is 0.545. The molecule has 1 atom stereocenters. The summed E-state index contributed by atoms with van der Waals surface area (Å²) in [5, 5.41) is 10.8. The molecule has 30 heavy (non-hydrogen) atoms. The zero-order chi connectivity index (χ0) is 20.8. The van der Waals surface area contributed by atoms with Gasteiger partial charge in [0.15, 0.2) is 5.96 Å². The summed E-state index contributed by atoms with van der Waals surface area (Å²) in [6.45, 7) is 2.70. The van der Waals surface area contributed by atoms with E-state index < -0.39 is 0 Å². The van der Waals surface area contributed by atoms with Gasteiger partial charge in [0.25, 0.3) is 0 Å². The lowest BCUT2D eigenvalue weighted by molar-refractivity contribution is -0.131. The van der Waals surface area contributed by atoms with Crippen LogP contribution < -0.4 is 10.6 Å². The molecule has 1 unspecified atom stereocenters. The summed E-state index contributed by atoms with van der Waals surface area (Å²) in [6.07, 6.45) is 6.71. The fourth-order valence-corrected chi connectivity index (χ4v) is 4.35. The van der Waals surface area contributed by atoms with Gasteiger partial charge < -0.3 is 15.5 Å². The number of aliphatic imine (C=N–C) groups is 1. The lowest BCUT2D eigenvalue weighted by Gasteiger charge is -2.32. The second-order valence-electron chi connectivity index (χ2n) is 8.18. The fourth-order valence-electron chi connectivity index (χ4n) is 4.35. The van der Waals surface area contributed by atoms with Crippen molar-refractivity contribution in [3.8, 4) is 0 Å². The largest absolute Gasteiger partial charge is 0.352 e. The topological polar surface area (TPSA) is 87.4 Å². The molecule has 1 amide bonds. The summed E-state index contributed by atoms with van der Waals surface area (Å²) in [5.74, 6) is 2.49. The number of piperidine rings is 1. The number of benzene rings is 1. The first kappa shape index (κ1) is 20.4. The normalized spacial score (nSPS) is 20.0. The highest BCUT2D eigenvalue weighted by Gasteiger charge is 2.24. The average Bonchev–Trinajstić information content (AvgIpc) is 3.25. The number of amides is 1. The molecule has 0 spiro atoms. The molecular formula is C22H31N7O. The molecule has 2 aliphatic rings. The van der Waals surface area contributed by atoms with E-state index in [1.54, 1.807) is 13.4 Å². The molecule has 1 fully saturated rings. The van der Waals surface area contributed by atoms with Crippen molar-refractivity contribution in [2.24, 2.45) is 10.9 Å². The maximum absolute atomic E-state index is 12.7. The van der Waals surface area contributed by atoms with Gasteiger partial charge in [-0.1, -0.05) is 30.3 Å². The SMILES string of the molecule is CN=C(NCC(=O)N1CCC(Cc2ccccc2)CC1)NC1CCc2ncnn2C1. The van der Waals surface area contributed by atoms with Crippen LogP contribution in [0.5, 0.6) is 0 Å². The lowest BCUT2D eigenvalue weighted by Crippen LogP contribution is -2.50. The van der Waals surface area contributed by atoms with Crippen LogP contribution >= 0.6 is 0 Å². The number of guanidine groups is 1. The molecule has 4 rings (SSSR count). The van der Waals surface area contributed by atoms with Gasteiger partial charge in [0.1, 0.15) is 12.2 Å². The Morgan fingerprint density at radius 1 is 1.20 bits per heavy atom. The molecule has 0 bridgehead atoms. The van der Waals surface area contributed by atoms with Crippen molar-refractivity contribution >= 4 is 11.9 Å². The van der Waals surface area contributed by atoms with Crippen molar-refractivity contribution in [3.63, 3.8) is 0 Å². The van der Waals surface area contributed by atoms with Crippen molar-refractivity contribution in [1.82, 2.24) is 30.3 Å². The predicted molar refractivity (Wildman–Crippen MR) is 116 cm³/mol. The molecule has 0 saturated carbocycles. The number of hydrogen-bond acceptors (Lipinski definition) is 4. The molecular weight excluding hydrogens is 378 g/mol. The summed E-state index contributed by atoms with van der Waals surface area (Å²) in [5.41, 5.74) is 1.39. The van der Waals surface area contributed by atoms with E-state index in [-0.39, 0.29) is 18.5 Å². The second-order valence-corrected chi connectivity index (χ2v) is 8.18. The van der Waals surface area contributed by atoms with Gasteiger partial charge in [0.05, 0.1) is 13.1 Å². The van der Waals surface area contributed by atoms with Gasteiger partial charge >= 0.3 is 0 Å².